The van der Waals surface area contributed by atoms with Gasteiger partial charge in [-0.15, -0.1) is 0 Å². The van der Waals surface area contributed by atoms with E-state index in [2.05, 4.69) is 60.0 Å². The van der Waals surface area contributed by atoms with Crippen LogP contribution >= 0.6 is 83.4 Å². The second-order valence-corrected chi connectivity index (χ2v) is 12.5. The molecule has 20 heavy (non-hydrogen) atoms. The fraction of sp³-hybridized carbons (Fsp3) is 0.300. The molecule has 0 saturated carbocycles. The van der Waals surface area contributed by atoms with Gasteiger partial charge in [0.05, 0.1) is 9.57 Å². The molecule has 1 aromatic rings. The van der Waals surface area contributed by atoms with Crippen LogP contribution < -0.4 is 0 Å². The Hall–Kier alpha value is 1.11. The predicted octanol–water partition coefficient (Wildman–Crippen LogP) is 6.74. The molecule has 0 amide bonds. The van der Waals surface area contributed by atoms with Gasteiger partial charge in [0.25, 0.3) is 0 Å². The van der Waals surface area contributed by atoms with Gasteiger partial charge in [0.1, 0.15) is 11.6 Å². The number of rotatable bonds is 4. The molecular weight excluding hydrogens is 535 g/mol. The Morgan fingerprint density at radius 2 is 1.65 bits per heavy atom. The molecule has 0 N–H and O–H groups in total. The van der Waals surface area contributed by atoms with Gasteiger partial charge in [0.2, 0.25) is 2.14 Å². The first-order valence-corrected chi connectivity index (χ1v) is 8.77. The topological polar surface area (TPSA) is 0 Å². The Morgan fingerprint density at radius 3 is 2.00 bits per heavy atom. The summed E-state index contributed by atoms with van der Waals surface area (Å²) < 4.78 is 52.8. The van der Waals surface area contributed by atoms with Crippen LogP contribution in [0.1, 0.15) is 10.8 Å². The van der Waals surface area contributed by atoms with Crippen molar-refractivity contribution in [3.8, 4) is 0 Å². The molecule has 0 radical (unpaired) electrons. The van der Waals surface area contributed by atoms with Gasteiger partial charge < -0.3 is 0 Å². The van der Waals surface area contributed by atoms with E-state index in [1.807, 2.05) is 0 Å². The van der Waals surface area contributed by atoms with E-state index < -0.39 is 34.2 Å². The summed E-state index contributed by atoms with van der Waals surface area (Å²) in [6, 6.07) is 3.01. The van der Waals surface area contributed by atoms with Crippen molar-refractivity contribution in [2.24, 2.45) is 0 Å². The molecule has 0 saturated heterocycles. The molecule has 0 aromatic heterocycles. The van der Waals surface area contributed by atoms with E-state index in [0.717, 1.165) is 18.2 Å². The number of alkyl halides is 5. The van der Waals surface area contributed by atoms with Crippen LogP contribution in [0.15, 0.2) is 18.2 Å². The van der Waals surface area contributed by atoms with Crippen molar-refractivity contribution in [1.29, 1.82) is 0 Å². The Bertz CT molecular complexity index is 501. The van der Waals surface area contributed by atoms with Crippen LogP contribution in [-0.2, 0) is 0 Å². The zero-order chi connectivity index (χ0) is 15.7. The van der Waals surface area contributed by atoms with Crippen LogP contribution in [0.3, 0.4) is 0 Å². The van der Waals surface area contributed by atoms with Crippen molar-refractivity contribution in [3.05, 3.63) is 35.4 Å². The molecule has 0 aliphatic heterocycles. The average molecular weight is 539 g/mol. The number of thiocarbonyl (C=S) groups is 1. The van der Waals surface area contributed by atoms with E-state index >= 15 is 0 Å². The standard InChI is InChI=1S/C10H4Br3ClF4S2/c11-9(12,13)10(17,18)20-7(8(14)19)6-4(15)2-1-3-5(6)16/h1-3,7H. The summed E-state index contributed by atoms with van der Waals surface area (Å²) in [7, 11) is 0. The molecular formula is C10H4Br3ClF4S2. The Morgan fingerprint density at radius 1 is 1.20 bits per heavy atom. The molecule has 0 heterocycles. The first-order chi connectivity index (χ1) is 8.97. The fourth-order valence-electron chi connectivity index (χ4n) is 1.19. The summed E-state index contributed by atoms with van der Waals surface area (Å²) in [6.45, 7) is 0. The average Bonchev–Trinajstić information content (AvgIpc) is 2.25. The zero-order valence-electron chi connectivity index (χ0n) is 9.15. The van der Waals surface area contributed by atoms with Crippen LogP contribution in [0, 0.1) is 11.6 Å². The predicted molar refractivity (Wildman–Crippen MR) is 89.6 cm³/mol. The number of thioether (sulfide) groups is 1. The molecule has 0 spiro atoms. The third-order valence-corrected chi connectivity index (χ3v) is 6.39. The first-order valence-electron chi connectivity index (χ1n) is 4.73. The van der Waals surface area contributed by atoms with Crippen LogP contribution in [0.4, 0.5) is 17.6 Å². The van der Waals surface area contributed by atoms with Crippen molar-refractivity contribution in [2.45, 2.75) is 12.6 Å². The first kappa shape index (κ1) is 19.2. The van der Waals surface area contributed by atoms with Gasteiger partial charge in [0.15, 0.2) is 0 Å². The third kappa shape index (κ3) is 4.55. The van der Waals surface area contributed by atoms with Crippen molar-refractivity contribution in [3.63, 3.8) is 0 Å². The van der Waals surface area contributed by atoms with Crippen LogP contribution in [0.2, 0.25) is 0 Å². The van der Waals surface area contributed by atoms with E-state index in [9.17, 15) is 17.6 Å². The van der Waals surface area contributed by atoms with E-state index in [1.165, 1.54) is 0 Å². The summed E-state index contributed by atoms with van der Waals surface area (Å²) in [6.07, 6.45) is 0. The largest absolute Gasteiger partial charge is 0.329 e. The lowest BCUT2D eigenvalue weighted by molar-refractivity contribution is 0.122. The van der Waals surface area contributed by atoms with Gasteiger partial charge in [-0.1, -0.05) is 89.4 Å². The zero-order valence-corrected chi connectivity index (χ0v) is 16.3. The smallest absolute Gasteiger partial charge is 0.207 e. The number of benzene rings is 1. The molecule has 0 aliphatic carbocycles. The quantitative estimate of drug-likeness (QED) is 0.180. The summed E-state index contributed by atoms with van der Waals surface area (Å²) in [4.78, 5) is 0. The van der Waals surface area contributed by atoms with Crippen LogP contribution in [-0.4, -0.2) is 11.7 Å². The third-order valence-electron chi connectivity index (χ3n) is 2.06. The summed E-state index contributed by atoms with van der Waals surface area (Å²) >= 11 is 18.2. The van der Waals surface area contributed by atoms with Crippen molar-refractivity contribution < 1.29 is 17.6 Å². The van der Waals surface area contributed by atoms with Gasteiger partial charge >= 0.3 is 5.25 Å². The van der Waals surface area contributed by atoms with Gasteiger partial charge in [0, 0.05) is 5.56 Å². The van der Waals surface area contributed by atoms with Crippen LogP contribution in [0.5, 0.6) is 0 Å². The monoisotopic (exact) mass is 536 g/mol. The second-order valence-electron chi connectivity index (χ2n) is 3.45. The fourth-order valence-corrected chi connectivity index (χ4v) is 3.41. The van der Waals surface area contributed by atoms with E-state index in [0.29, 0.717) is 0 Å². The van der Waals surface area contributed by atoms with Crippen molar-refractivity contribution in [1.82, 2.24) is 0 Å². The molecule has 112 valence electrons. The summed E-state index contributed by atoms with van der Waals surface area (Å²) in [5.74, 6) is -1.99. The highest BCUT2D eigenvalue weighted by Gasteiger charge is 2.52. The number of hydrogen-bond acceptors (Lipinski definition) is 2. The highest BCUT2D eigenvalue weighted by atomic mass is 80.0. The SMILES string of the molecule is Fc1cccc(F)c1C(SC(F)(F)C(Br)(Br)Br)C(=S)Cl. The molecule has 0 aliphatic rings. The summed E-state index contributed by atoms with van der Waals surface area (Å²) in [5.41, 5.74) is -0.603. The highest BCUT2D eigenvalue weighted by molar-refractivity contribution is 9.39. The van der Waals surface area contributed by atoms with Gasteiger partial charge in [-0.2, -0.15) is 8.78 Å². The maximum absolute atomic E-state index is 13.9. The Kier molecular flexibility index (Phi) is 6.82. The molecule has 0 fully saturated rings. The molecule has 1 rings (SSSR count). The maximum atomic E-state index is 13.9. The van der Waals surface area contributed by atoms with E-state index in [4.69, 9.17) is 11.6 Å². The molecule has 10 heteroatoms. The minimum absolute atomic E-state index is 0.0836. The lowest BCUT2D eigenvalue weighted by Gasteiger charge is -2.28. The maximum Gasteiger partial charge on any atom is 0.329 e. The van der Waals surface area contributed by atoms with Gasteiger partial charge in [-0.05, 0) is 12.1 Å². The van der Waals surface area contributed by atoms with Crippen molar-refractivity contribution in [2.75, 3.05) is 0 Å². The van der Waals surface area contributed by atoms with E-state index in [1.54, 1.807) is 0 Å². The molecule has 1 aromatic carbocycles. The van der Waals surface area contributed by atoms with Gasteiger partial charge in [-0.3, -0.25) is 0 Å². The van der Waals surface area contributed by atoms with Gasteiger partial charge in [-0.25, -0.2) is 8.78 Å². The van der Waals surface area contributed by atoms with Crippen molar-refractivity contribution >= 4 is 87.7 Å². The minimum atomic E-state index is -3.51. The Labute approximate surface area is 152 Å². The number of hydrogen-bond donors (Lipinski definition) is 0. The molecule has 1 unspecified atom stereocenters. The Balaban J connectivity index is 3.25. The lowest BCUT2D eigenvalue weighted by Crippen LogP contribution is -2.30. The lowest BCUT2D eigenvalue weighted by atomic mass is 10.1. The highest BCUT2D eigenvalue weighted by Crippen LogP contribution is 2.57. The normalized spacial score (nSPS) is 14.2. The second kappa shape index (κ2) is 7.12. The van der Waals surface area contributed by atoms with Crippen LogP contribution in [0.25, 0.3) is 0 Å². The molecule has 1 atom stereocenters. The minimum Gasteiger partial charge on any atom is -0.207 e. The van der Waals surface area contributed by atoms with E-state index in [-0.39, 0.29) is 11.8 Å². The summed E-state index contributed by atoms with van der Waals surface area (Å²) in [5, 5.41) is -5.04. The number of halogens is 8. The molecule has 0 bridgehead atoms. The molecule has 0 nitrogen and oxygen atoms in total.